The maximum absolute atomic E-state index is 12.3. The third-order valence-electron chi connectivity index (χ3n) is 1.05. The summed E-state index contributed by atoms with van der Waals surface area (Å²) in [6.07, 6.45) is 0. The van der Waals surface area contributed by atoms with Crippen molar-refractivity contribution in [3.05, 3.63) is 21.3 Å². The summed E-state index contributed by atoms with van der Waals surface area (Å²) in [6.45, 7) is 0. The molecule has 1 aromatic rings. The van der Waals surface area contributed by atoms with Gasteiger partial charge in [0.15, 0.2) is 0 Å². The van der Waals surface area contributed by atoms with Gasteiger partial charge in [-0.05, 0) is 28.1 Å². The molecule has 0 saturated heterocycles. The Morgan fingerprint density at radius 1 is 1.58 bits per heavy atom. The first-order chi connectivity index (χ1) is 5.41. The standard InChI is InChI=1S/C6H2BrClF2OS/c7-6(9,10)5(11)3-1-2-4(8)12-3/h1-2H. The number of carbonyl (C=O) groups excluding carboxylic acids is 1. The lowest BCUT2D eigenvalue weighted by Crippen LogP contribution is -2.19. The SMILES string of the molecule is O=C(c1ccc(Cl)s1)C(F)(F)Br. The van der Waals surface area contributed by atoms with Crippen LogP contribution in [-0.4, -0.2) is 10.6 Å². The van der Waals surface area contributed by atoms with E-state index in [-0.39, 0.29) is 4.88 Å². The van der Waals surface area contributed by atoms with Crippen LogP contribution in [0.15, 0.2) is 12.1 Å². The summed E-state index contributed by atoms with van der Waals surface area (Å²) in [6, 6.07) is 2.67. The summed E-state index contributed by atoms with van der Waals surface area (Å²) in [5.74, 6) is -1.26. The van der Waals surface area contributed by atoms with Gasteiger partial charge in [-0.2, -0.15) is 8.78 Å². The van der Waals surface area contributed by atoms with Crippen molar-refractivity contribution in [2.75, 3.05) is 0 Å². The number of halogens is 4. The second kappa shape index (κ2) is 3.40. The smallest absolute Gasteiger partial charge is 0.285 e. The fourth-order valence-corrected chi connectivity index (χ4v) is 1.94. The highest BCUT2D eigenvalue weighted by molar-refractivity contribution is 9.10. The lowest BCUT2D eigenvalue weighted by Gasteiger charge is -2.03. The number of hydrogen-bond donors (Lipinski definition) is 0. The van der Waals surface area contributed by atoms with E-state index in [1.165, 1.54) is 12.1 Å². The molecule has 1 rings (SSSR count). The molecule has 0 fully saturated rings. The third-order valence-corrected chi connectivity index (χ3v) is 2.64. The van der Waals surface area contributed by atoms with Gasteiger partial charge in [-0.15, -0.1) is 11.3 Å². The first-order valence-electron chi connectivity index (χ1n) is 2.78. The molecule has 0 amide bonds. The number of ketones is 1. The zero-order valence-electron chi connectivity index (χ0n) is 5.48. The molecule has 0 atom stereocenters. The highest BCUT2D eigenvalue weighted by atomic mass is 79.9. The molecule has 66 valence electrons. The monoisotopic (exact) mass is 274 g/mol. The van der Waals surface area contributed by atoms with Crippen molar-refractivity contribution < 1.29 is 13.6 Å². The molecule has 0 aliphatic carbocycles. The third kappa shape index (κ3) is 2.24. The van der Waals surface area contributed by atoms with Crippen molar-refractivity contribution in [1.29, 1.82) is 0 Å². The molecule has 0 aromatic carbocycles. The van der Waals surface area contributed by atoms with Gasteiger partial charge in [-0.25, -0.2) is 0 Å². The predicted molar refractivity (Wildman–Crippen MR) is 47.5 cm³/mol. The summed E-state index contributed by atoms with van der Waals surface area (Å²) in [4.78, 5) is 7.28. The number of rotatable bonds is 2. The summed E-state index contributed by atoms with van der Waals surface area (Å²) >= 11 is 8.26. The van der Waals surface area contributed by atoms with Gasteiger partial charge in [0.25, 0.3) is 5.78 Å². The van der Waals surface area contributed by atoms with Crippen molar-refractivity contribution in [3.8, 4) is 0 Å². The van der Waals surface area contributed by atoms with Crippen LogP contribution >= 0.6 is 38.9 Å². The van der Waals surface area contributed by atoms with E-state index in [1.807, 2.05) is 15.9 Å². The van der Waals surface area contributed by atoms with E-state index in [0.717, 1.165) is 11.3 Å². The van der Waals surface area contributed by atoms with Gasteiger partial charge >= 0.3 is 4.83 Å². The van der Waals surface area contributed by atoms with E-state index < -0.39 is 10.6 Å². The van der Waals surface area contributed by atoms with Gasteiger partial charge in [0.1, 0.15) is 0 Å². The second-order valence-electron chi connectivity index (χ2n) is 1.93. The first kappa shape index (κ1) is 10.1. The van der Waals surface area contributed by atoms with E-state index >= 15 is 0 Å². The van der Waals surface area contributed by atoms with Crippen LogP contribution in [0.2, 0.25) is 4.34 Å². The van der Waals surface area contributed by atoms with Crippen molar-refractivity contribution in [3.63, 3.8) is 0 Å². The van der Waals surface area contributed by atoms with Crippen LogP contribution in [0, 0.1) is 0 Å². The highest BCUT2D eigenvalue weighted by Crippen LogP contribution is 2.31. The molecule has 0 N–H and O–H groups in total. The molecule has 0 bridgehead atoms. The molecule has 12 heavy (non-hydrogen) atoms. The summed E-state index contributed by atoms with van der Waals surface area (Å²) in [5, 5.41) is 0. The Labute approximate surface area is 84.5 Å². The van der Waals surface area contributed by atoms with Crippen molar-refractivity contribution in [2.45, 2.75) is 4.83 Å². The zero-order chi connectivity index (χ0) is 9.35. The fourth-order valence-electron chi connectivity index (χ4n) is 0.576. The van der Waals surface area contributed by atoms with Crippen molar-refractivity contribution >= 4 is 44.7 Å². The Hall–Kier alpha value is -0.000000000000000111. The Kier molecular flexibility index (Phi) is 2.85. The average Bonchev–Trinajstić information content (AvgIpc) is 2.32. The Balaban J connectivity index is 2.93. The molecule has 1 nitrogen and oxygen atoms in total. The maximum Gasteiger partial charge on any atom is 0.363 e. The number of Topliss-reactive ketones (excluding diaryl/α,β-unsaturated/α-hetero) is 1. The van der Waals surface area contributed by atoms with Gasteiger partial charge < -0.3 is 0 Å². The molecule has 0 spiro atoms. The van der Waals surface area contributed by atoms with E-state index in [4.69, 9.17) is 11.6 Å². The van der Waals surface area contributed by atoms with Crippen LogP contribution < -0.4 is 0 Å². The lowest BCUT2D eigenvalue weighted by atomic mass is 10.3. The Morgan fingerprint density at radius 2 is 2.17 bits per heavy atom. The second-order valence-corrected chi connectivity index (χ2v) is 4.64. The minimum atomic E-state index is -3.50. The van der Waals surface area contributed by atoms with Crippen LogP contribution in [0.1, 0.15) is 9.67 Å². The highest BCUT2D eigenvalue weighted by Gasteiger charge is 2.36. The average molecular weight is 276 g/mol. The Bertz CT molecular complexity index is 307. The lowest BCUT2D eigenvalue weighted by molar-refractivity contribution is 0.0597. The largest absolute Gasteiger partial charge is 0.363 e. The van der Waals surface area contributed by atoms with Crippen LogP contribution in [0.3, 0.4) is 0 Å². The van der Waals surface area contributed by atoms with Gasteiger partial charge in [0.05, 0.1) is 9.21 Å². The summed E-state index contributed by atoms with van der Waals surface area (Å²) in [7, 11) is 0. The summed E-state index contributed by atoms with van der Waals surface area (Å²) < 4.78 is 25.0. The molecular formula is C6H2BrClF2OS. The Morgan fingerprint density at radius 3 is 2.50 bits per heavy atom. The van der Waals surface area contributed by atoms with Crippen LogP contribution in [0.4, 0.5) is 8.78 Å². The zero-order valence-corrected chi connectivity index (χ0v) is 8.64. The van der Waals surface area contributed by atoms with E-state index in [2.05, 4.69) is 0 Å². The number of thiophene rings is 1. The first-order valence-corrected chi connectivity index (χ1v) is 4.77. The van der Waals surface area contributed by atoms with Gasteiger partial charge in [-0.1, -0.05) is 11.6 Å². The number of carbonyl (C=O) groups is 1. The van der Waals surface area contributed by atoms with E-state index in [9.17, 15) is 13.6 Å². The molecule has 1 heterocycles. The molecule has 0 saturated carbocycles. The summed E-state index contributed by atoms with van der Waals surface area (Å²) in [5.41, 5.74) is 0. The normalized spacial score (nSPS) is 11.7. The molecule has 0 aliphatic rings. The molecule has 0 aliphatic heterocycles. The maximum atomic E-state index is 12.3. The minimum Gasteiger partial charge on any atom is -0.285 e. The van der Waals surface area contributed by atoms with E-state index in [1.54, 1.807) is 0 Å². The van der Waals surface area contributed by atoms with Gasteiger partial charge in [0, 0.05) is 0 Å². The predicted octanol–water partition coefficient (Wildman–Crippen LogP) is 3.57. The molecule has 6 heteroatoms. The quantitative estimate of drug-likeness (QED) is 0.596. The molecule has 1 aromatic heterocycles. The van der Waals surface area contributed by atoms with E-state index in [0.29, 0.717) is 4.34 Å². The van der Waals surface area contributed by atoms with Gasteiger partial charge in [-0.3, -0.25) is 4.79 Å². The number of alkyl halides is 3. The topological polar surface area (TPSA) is 17.1 Å². The van der Waals surface area contributed by atoms with Crippen molar-refractivity contribution in [1.82, 2.24) is 0 Å². The minimum absolute atomic E-state index is 0.0538. The van der Waals surface area contributed by atoms with Crippen LogP contribution in [0.5, 0.6) is 0 Å². The van der Waals surface area contributed by atoms with Gasteiger partial charge in [0.2, 0.25) is 0 Å². The van der Waals surface area contributed by atoms with Crippen LogP contribution in [0.25, 0.3) is 0 Å². The molecular weight excluding hydrogens is 273 g/mol. The molecule has 0 radical (unpaired) electrons. The fraction of sp³-hybridized carbons (Fsp3) is 0.167. The number of hydrogen-bond acceptors (Lipinski definition) is 2. The van der Waals surface area contributed by atoms with Crippen molar-refractivity contribution in [2.24, 2.45) is 0 Å². The van der Waals surface area contributed by atoms with Crippen LogP contribution in [-0.2, 0) is 0 Å². The molecule has 0 unspecified atom stereocenters.